The number of aliphatic hydroxyl groups is 1. The Morgan fingerprint density at radius 1 is 1.12 bits per heavy atom. The van der Waals surface area contributed by atoms with E-state index in [0.717, 1.165) is 5.56 Å². The van der Waals surface area contributed by atoms with E-state index >= 15 is 0 Å². The highest BCUT2D eigenvalue weighted by Gasteiger charge is 2.19. The fourth-order valence-electron chi connectivity index (χ4n) is 1.58. The molecule has 1 rings (SSSR count). The van der Waals surface area contributed by atoms with Gasteiger partial charge in [-0.15, -0.1) is 12.4 Å². The van der Waals surface area contributed by atoms with Crippen molar-refractivity contribution >= 4 is 12.4 Å². The Balaban J connectivity index is 0.00000225. The van der Waals surface area contributed by atoms with Crippen LogP contribution in [0, 0.1) is 19.8 Å². The molecular formula is C13H22ClNO. The molecule has 0 radical (unpaired) electrons. The molecule has 0 aliphatic rings. The van der Waals surface area contributed by atoms with E-state index in [0.29, 0.717) is 0 Å². The van der Waals surface area contributed by atoms with Crippen LogP contribution in [-0.2, 0) is 0 Å². The van der Waals surface area contributed by atoms with Crippen LogP contribution < -0.4 is 5.73 Å². The predicted molar refractivity (Wildman–Crippen MR) is 70.9 cm³/mol. The lowest BCUT2D eigenvalue weighted by atomic mass is 9.93. The molecule has 1 aromatic carbocycles. The molecule has 0 unspecified atom stereocenters. The Morgan fingerprint density at radius 2 is 1.69 bits per heavy atom. The zero-order valence-corrected chi connectivity index (χ0v) is 11.2. The monoisotopic (exact) mass is 243 g/mol. The first kappa shape index (κ1) is 15.4. The lowest BCUT2D eigenvalue weighted by Gasteiger charge is -2.23. The van der Waals surface area contributed by atoms with E-state index < -0.39 is 6.10 Å². The van der Waals surface area contributed by atoms with Gasteiger partial charge in [-0.3, -0.25) is 0 Å². The predicted octanol–water partition coefficient (Wildman–Crippen LogP) is 2.74. The second-order valence-electron chi connectivity index (χ2n) is 4.60. The summed E-state index contributed by atoms with van der Waals surface area (Å²) in [6.45, 7) is 8.09. The van der Waals surface area contributed by atoms with Gasteiger partial charge >= 0.3 is 0 Å². The minimum Gasteiger partial charge on any atom is -0.391 e. The maximum Gasteiger partial charge on any atom is 0.0755 e. The summed E-state index contributed by atoms with van der Waals surface area (Å²) in [5.74, 6) is 0.182. The number of benzene rings is 1. The molecule has 2 nitrogen and oxygen atoms in total. The molecule has 0 aliphatic carbocycles. The molecule has 0 saturated heterocycles. The lowest BCUT2D eigenvalue weighted by molar-refractivity contribution is 0.0979. The molecule has 3 heteroatoms. The Morgan fingerprint density at radius 3 is 2.12 bits per heavy atom. The first-order valence-corrected chi connectivity index (χ1v) is 5.44. The Bertz CT molecular complexity index is 339. The van der Waals surface area contributed by atoms with Crippen molar-refractivity contribution in [1.82, 2.24) is 0 Å². The third kappa shape index (κ3) is 3.48. The molecule has 2 atom stereocenters. The van der Waals surface area contributed by atoms with Gasteiger partial charge in [0.1, 0.15) is 0 Å². The molecule has 0 heterocycles. The second kappa shape index (κ2) is 6.24. The Hall–Kier alpha value is -0.570. The van der Waals surface area contributed by atoms with Crippen LogP contribution >= 0.6 is 12.4 Å². The van der Waals surface area contributed by atoms with E-state index in [9.17, 15) is 5.11 Å². The van der Waals surface area contributed by atoms with Gasteiger partial charge in [-0.25, -0.2) is 0 Å². The van der Waals surface area contributed by atoms with Crippen LogP contribution in [-0.4, -0.2) is 11.2 Å². The van der Waals surface area contributed by atoms with E-state index in [1.807, 2.05) is 19.9 Å². The Kier molecular flexibility index (Phi) is 6.01. The summed E-state index contributed by atoms with van der Waals surface area (Å²) in [5, 5.41) is 9.88. The number of aryl methyl sites for hydroxylation is 2. The normalized spacial score (nSPS) is 14.4. The first-order chi connectivity index (χ1) is 6.93. The summed E-state index contributed by atoms with van der Waals surface area (Å²) in [4.78, 5) is 0. The SMILES string of the molecule is Cc1ccc([C@@H](N)[C@@H](O)C(C)C)cc1C.Cl. The topological polar surface area (TPSA) is 46.2 Å². The van der Waals surface area contributed by atoms with Gasteiger partial charge in [0.15, 0.2) is 0 Å². The first-order valence-electron chi connectivity index (χ1n) is 5.44. The smallest absolute Gasteiger partial charge is 0.0755 e. The van der Waals surface area contributed by atoms with E-state index in [-0.39, 0.29) is 24.4 Å². The molecule has 0 fully saturated rings. The zero-order chi connectivity index (χ0) is 11.6. The Labute approximate surface area is 104 Å². The van der Waals surface area contributed by atoms with Gasteiger partial charge in [0.25, 0.3) is 0 Å². The maximum absolute atomic E-state index is 9.88. The highest BCUT2D eigenvalue weighted by Crippen LogP contribution is 2.21. The van der Waals surface area contributed by atoms with Crippen molar-refractivity contribution in [3.05, 3.63) is 34.9 Å². The minimum absolute atomic E-state index is 0. The van der Waals surface area contributed by atoms with Crippen molar-refractivity contribution < 1.29 is 5.11 Å². The van der Waals surface area contributed by atoms with Gasteiger partial charge in [0.05, 0.1) is 12.1 Å². The van der Waals surface area contributed by atoms with Crippen molar-refractivity contribution in [1.29, 1.82) is 0 Å². The lowest BCUT2D eigenvalue weighted by Crippen LogP contribution is -2.30. The molecule has 92 valence electrons. The van der Waals surface area contributed by atoms with Gasteiger partial charge in [-0.1, -0.05) is 32.0 Å². The van der Waals surface area contributed by atoms with Gasteiger partial charge in [-0.05, 0) is 36.5 Å². The highest BCUT2D eigenvalue weighted by atomic mass is 35.5. The van der Waals surface area contributed by atoms with Crippen molar-refractivity contribution in [2.24, 2.45) is 11.7 Å². The number of aliphatic hydroxyl groups excluding tert-OH is 1. The quantitative estimate of drug-likeness (QED) is 0.858. The van der Waals surface area contributed by atoms with Crippen LogP contribution in [0.5, 0.6) is 0 Å². The third-order valence-corrected chi connectivity index (χ3v) is 2.97. The summed E-state index contributed by atoms with van der Waals surface area (Å²) < 4.78 is 0. The van der Waals surface area contributed by atoms with Gasteiger partial charge < -0.3 is 10.8 Å². The van der Waals surface area contributed by atoms with E-state index in [1.165, 1.54) is 11.1 Å². The van der Waals surface area contributed by atoms with E-state index in [1.54, 1.807) is 0 Å². The number of rotatable bonds is 3. The summed E-state index contributed by atoms with van der Waals surface area (Å²) in [5.41, 5.74) is 9.50. The average molecular weight is 244 g/mol. The molecule has 0 saturated carbocycles. The van der Waals surface area contributed by atoms with Crippen LogP contribution in [0.2, 0.25) is 0 Å². The van der Waals surface area contributed by atoms with Crippen molar-refractivity contribution in [3.8, 4) is 0 Å². The van der Waals surface area contributed by atoms with E-state index in [2.05, 4.69) is 26.0 Å². The molecule has 0 aliphatic heterocycles. The summed E-state index contributed by atoms with van der Waals surface area (Å²) >= 11 is 0. The number of hydrogen-bond acceptors (Lipinski definition) is 2. The summed E-state index contributed by atoms with van der Waals surface area (Å²) in [6, 6.07) is 5.83. The number of nitrogens with two attached hydrogens (primary N) is 1. The van der Waals surface area contributed by atoms with Crippen molar-refractivity contribution in [3.63, 3.8) is 0 Å². The van der Waals surface area contributed by atoms with Crippen LogP contribution in [0.4, 0.5) is 0 Å². The second-order valence-corrected chi connectivity index (χ2v) is 4.60. The molecule has 3 N–H and O–H groups in total. The maximum atomic E-state index is 9.88. The molecule has 0 bridgehead atoms. The van der Waals surface area contributed by atoms with E-state index in [4.69, 9.17) is 5.73 Å². The average Bonchev–Trinajstić information content (AvgIpc) is 2.19. The molecule has 0 amide bonds. The molecule has 16 heavy (non-hydrogen) atoms. The molecular weight excluding hydrogens is 222 g/mol. The van der Waals surface area contributed by atoms with Crippen LogP contribution in [0.15, 0.2) is 18.2 Å². The fourth-order valence-corrected chi connectivity index (χ4v) is 1.58. The summed E-state index contributed by atoms with van der Waals surface area (Å²) in [6.07, 6.45) is -0.480. The van der Waals surface area contributed by atoms with Gasteiger partial charge in [0, 0.05) is 0 Å². The van der Waals surface area contributed by atoms with Gasteiger partial charge in [-0.2, -0.15) is 0 Å². The molecule has 1 aromatic rings. The van der Waals surface area contributed by atoms with Crippen LogP contribution in [0.3, 0.4) is 0 Å². The standard InChI is InChI=1S/C13H21NO.ClH/c1-8(2)13(15)12(14)11-6-5-9(3)10(4)7-11;/h5-8,12-13,15H,14H2,1-4H3;1H/t12-,13+;/m1./s1. The molecule has 0 spiro atoms. The zero-order valence-electron chi connectivity index (χ0n) is 10.4. The number of halogens is 1. The van der Waals surface area contributed by atoms with Crippen molar-refractivity contribution in [2.45, 2.75) is 39.8 Å². The fraction of sp³-hybridized carbons (Fsp3) is 0.538. The number of hydrogen-bond donors (Lipinski definition) is 2. The van der Waals surface area contributed by atoms with Crippen molar-refractivity contribution in [2.75, 3.05) is 0 Å². The van der Waals surface area contributed by atoms with Crippen LogP contribution in [0.1, 0.15) is 36.6 Å². The third-order valence-electron chi connectivity index (χ3n) is 2.97. The minimum atomic E-state index is -0.480. The van der Waals surface area contributed by atoms with Crippen LogP contribution in [0.25, 0.3) is 0 Å². The molecule has 0 aromatic heterocycles. The highest BCUT2D eigenvalue weighted by molar-refractivity contribution is 5.85. The largest absolute Gasteiger partial charge is 0.391 e. The summed E-state index contributed by atoms with van der Waals surface area (Å²) in [7, 11) is 0. The van der Waals surface area contributed by atoms with Gasteiger partial charge in [0.2, 0.25) is 0 Å².